The molecule has 1 aliphatic carbocycles. The van der Waals surface area contributed by atoms with E-state index in [1.165, 1.54) is 0 Å². The standard InChI is InChI=1S/C20H29N5O2.ClH/c1-11-14(12(2)22-19-18(11)20(27-4)23-24(19)3)6-8-17(26)25-9-13-5-7-16(21)15(13)10-25;/h13,15-16H,5-10,21H2,1-4H3;1H. The minimum Gasteiger partial charge on any atom is -0.479 e. The fraction of sp³-hybridized carbons (Fsp3) is 0.650. The Labute approximate surface area is 172 Å². The molecule has 0 bridgehead atoms. The Morgan fingerprint density at radius 3 is 2.71 bits per heavy atom. The summed E-state index contributed by atoms with van der Waals surface area (Å²) in [6.07, 6.45) is 3.46. The Hall–Kier alpha value is -1.86. The topological polar surface area (TPSA) is 86.3 Å². The van der Waals surface area contributed by atoms with Crippen molar-refractivity contribution in [2.75, 3.05) is 20.2 Å². The molecule has 2 aromatic heterocycles. The monoisotopic (exact) mass is 407 g/mol. The van der Waals surface area contributed by atoms with Gasteiger partial charge in [0, 0.05) is 38.3 Å². The van der Waals surface area contributed by atoms with Crippen LogP contribution in [0.5, 0.6) is 5.88 Å². The molecule has 3 atom stereocenters. The molecule has 4 rings (SSSR count). The molecule has 1 saturated carbocycles. The Kier molecular flexibility index (Phi) is 5.87. The fourth-order valence-electron chi connectivity index (χ4n) is 5.01. The molecule has 2 aliphatic rings. The number of amides is 1. The fourth-order valence-corrected chi connectivity index (χ4v) is 5.01. The number of aryl methyl sites for hydroxylation is 3. The van der Waals surface area contributed by atoms with Crippen molar-refractivity contribution in [3.05, 3.63) is 16.8 Å². The van der Waals surface area contributed by atoms with Crippen LogP contribution in [-0.2, 0) is 18.3 Å². The van der Waals surface area contributed by atoms with Crippen LogP contribution in [0, 0.1) is 25.7 Å². The molecule has 0 spiro atoms. The molecule has 1 amide bonds. The number of aromatic nitrogens is 3. The lowest BCUT2D eigenvalue weighted by Crippen LogP contribution is -2.33. The predicted octanol–water partition coefficient (Wildman–Crippen LogP) is 2.14. The van der Waals surface area contributed by atoms with Gasteiger partial charge in [-0.05, 0) is 56.1 Å². The highest BCUT2D eigenvalue weighted by Gasteiger charge is 2.42. The third-order valence-electron chi connectivity index (χ3n) is 6.57. The maximum absolute atomic E-state index is 12.8. The summed E-state index contributed by atoms with van der Waals surface area (Å²) in [5.74, 6) is 1.92. The lowest BCUT2D eigenvalue weighted by Gasteiger charge is -2.19. The maximum Gasteiger partial charge on any atom is 0.242 e. The van der Waals surface area contributed by atoms with Crippen molar-refractivity contribution >= 4 is 29.3 Å². The number of fused-ring (bicyclic) bond motifs is 2. The first-order valence-electron chi connectivity index (χ1n) is 9.80. The van der Waals surface area contributed by atoms with E-state index in [0.717, 1.165) is 53.8 Å². The minimum atomic E-state index is 0. The third kappa shape index (κ3) is 3.35. The number of hydrogen-bond donors (Lipinski definition) is 1. The summed E-state index contributed by atoms with van der Waals surface area (Å²) in [7, 11) is 3.49. The molecule has 7 nitrogen and oxygen atoms in total. The Balaban J connectivity index is 0.00000225. The van der Waals surface area contributed by atoms with E-state index in [4.69, 9.17) is 15.5 Å². The zero-order valence-corrected chi connectivity index (χ0v) is 17.9. The van der Waals surface area contributed by atoms with Gasteiger partial charge in [-0.15, -0.1) is 17.5 Å². The van der Waals surface area contributed by atoms with Crippen LogP contribution >= 0.6 is 12.4 Å². The number of nitrogens with zero attached hydrogens (tertiary/aromatic N) is 4. The second kappa shape index (κ2) is 7.87. The van der Waals surface area contributed by atoms with Crippen molar-refractivity contribution in [1.29, 1.82) is 0 Å². The first kappa shape index (κ1) is 20.9. The minimum absolute atomic E-state index is 0. The summed E-state index contributed by atoms with van der Waals surface area (Å²) in [6, 6.07) is 0.266. The SMILES string of the molecule is COc1nn(C)c2nc(C)c(CCC(=O)N3CC4CCC(N)C4C3)c(C)c12.Cl. The molecule has 2 N–H and O–H groups in total. The van der Waals surface area contributed by atoms with Crippen LogP contribution in [0.15, 0.2) is 0 Å². The third-order valence-corrected chi connectivity index (χ3v) is 6.57. The predicted molar refractivity (Wildman–Crippen MR) is 111 cm³/mol. The van der Waals surface area contributed by atoms with E-state index in [9.17, 15) is 4.79 Å². The van der Waals surface area contributed by atoms with Crippen molar-refractivity contribution < 1.29 is 9.53 Å². The van der Waals surface area contributed by atoms with Crippen LogP contribution in [0.3, 0.4) is 0 Å². The smallest absolute Gasteiger partial charge is 0.242 e. The highest BCUT2D eigenvalue weighted by Crippen LogP contribution is 2.37. The second-order valence-corrected chi connectivity index (χ2v) is 8.10. The van der Waals surface area contributed by atoms with Gasteiger partial charge in [-0.2, -0.15) is 0 Å². The Bertz CT molecular complexity index is 897. The van der Waals surface area contributed by atoms with Gasteiger partial charge in [-0.1, -0.05) is 0 Å². The number of hydrogen-bond acceptors (Lipinski definition) is 5. The average molecular weight is 408 g/mol. The maximum atomic E-state index is 12.8. The van der Waals surface area contributed by atoms with Crippen molar-refractivity contribution in [2.45, 2.75) is 45.6 Å². The van der Waals surface area contributed by atoms with Gasteiger partial charge in [0.25, 0.3) is 0 Å². The number of pyridine rings is 1. The molecule has 2 fully saturated rings. The number of methoxy groups -OCH3 is 1. The van der Waals surface area contributed by atoms with Crippen LogP contribution in [0.25, 0.3) is 11.0 Å². The highest BCUT2D eigenvalue weighted by atomic mass is 35.5. The Morgan fingerprint density at radius 2 is 2.04 bits per heavy atom. The Morgan fingerprint density at radius 1 is 1.29 bits per heavy atom. The molecular weight excluding hydrogens is 378 g/mol. The number of halogens is 1. The van der Waals surface area contributed by atoms with Gasteiger partial charge >= 0.3 is 0 Å². The van der Waals surface area contributed by atoms with Crippen LogP contribution in [0.1, 0.15) is 36.1 Å². The first-order valence-corrected chi connectivity index (χ1v) is 9.80. The summed E-state index contributed by atoms with van der Waals surface area (Å²) in [6.45, 7) is 5.78. The molecule has 8 heteroatoms. The number of likely N-dealkylation sites (tertiary alicyclic amines) is 1. The summed E-state index contributed by atoms with van der Waals surface area (Å²) in [5, 5.41) is 5.33. The van der Waals surface area contributed by atoms with Crippen molar-refractivity contribution in [3.8, 4) is 5.88 Å². The van der Waals surface area contributed by atoms with E-state index in [1.807, 2.05) is 18.9 Å². The van der Waals surface area contributed by atoms with Crippen molar-refractivity contribution in [2.24, 2.45) is 24.6 Å². The zero-order valence-electron chi connectivity index (χ0n) is 17.1. The summed E-state index contributed by atoms with van der Waals surface area (Å²) in [4.78, 5) is 19.5. The summed E-state index contributed by atoms with van der Waals surface area (Å²) in [5.41, 5.74) is 10.2. The largest absolute Gasteiger partial charge is 0.479 e. The van der Waals surface area contributed by atoms with Gasteiger partial charge in [0.1, 0.15) is 0 Å². The van der Waals surface area contributed by atoms with Gasteiger partial charge in [0.2, 0.25) is 11.8 Å². The average Bonchev–Trinajstić information content (AvgIpc) is 3.30. The lowest BCUT2D eigenvalue weighted by molar-refractivity contribution is -0.130. The molecule has 3 unspecified atom stereocenters. The van der Waals surface area contributed by atoms with E-state index >= 15 is 0 Å². The summed E-state index contributed by atoms with van der Waals surface area (Å²) >= 11 is 0. The number of ether oxygens (including phenoxy) is 1. The van der Waals surface area contributed by atoms with E-state index < -0.39 is 0 Å². The van der Waals surface area contributed by atoms with E-state index in [-0.39, 0.29) is 24.4 Å². The normalized spacial score (nSPS) is 23.8. The lowest BCUT2D eigenvalue weighted by atomic mass is 9.98. The van der Waals surface area contributed by atoms with Gasteiger partial charge in [0.05, 0.1) is 12.5 Å². The number of carbonyl (C=O) groups is 1. The van der Waals surface area contributed by atoms with Crippen LogP contribution < -0.4 is 10.5 Å². The van der Waals surface area contributed by atoms with Gasteiger partial charge < -0.3 is 15.4 Å². The quantitative estimate of drug-likeness (QED) is 0.839. The van der Waals surface area contributed by atoms with E-state index in [1.54, 1.807) is 11.8 Å². The van der Waals surface area contributed by atoms with Crippen LogP contribution in [-0.4, -0.2) is 51.8 Å². The molecule has 1 saturated heterocycles. The number of nitrogens with two attached hydrogens (primary N) is 1. The van der Waals surface area contributed by atoms with Gasteiger partial charge in [0.15, 0.2) is 5.65 Å². The molecule has 3 heterocycles. The van der Waals surface area contributed by atoms with E-state index in [0.29, 0.717) is 30.6 Å². The van der Waals surface area contributed by atoms with Gasteiger partial charge in [-0.3, -0.25) is 4.79 Å². The first-order chi connectivity index (χ1) is 12.9. The zero-order chi connectivity index (χ0) is 19.3. The number of rotatable bonds is 4. The molecule has 154 valence electrons. The van der Waals surface area contributed by atoms with Crippen molar-refractivity contribution in [1.82, 2.24) is 19.7 Å². The molecule has 1 aliphatic heterocycles. The molecule has 2 aromatic rings. The number of carbonyl (C=O) groups excluding carboxylic acids is 1. The van der Waals surface area contributed by atoms with Crippen molar-refractivity contribution in [3.63, 3.8) is 0 Å². The van der Waals surface area contributed by atoms with E-state index in [2.05, 4.69) is 12.0 Å². The molecule has 28 heavy (non-hydrogen) atoms. The molecule has 0 radical (unpaired) electrons. The molecule has 0 aromatic carbocycles. The van der Waals surface area contributed by atoms with Gasteiger partial charge in [-0.25, -0.2) is 9.67 Å². The highest BCUT2D eigenvalue weighted by molar-refractivity contribution is 5.86. The summed E-state index contributed by atoms with van der Waals surface area (Å²) < 4.78 is 7.17. The van der Waals surface area contributed by atoms with Crippen LogP contribution in [0.2, 0.25) is 0 Å². The second-order valence-electron chi connectivity index (χ2n) is 8.10. The molecular formula is C20H30ClN5O2. The van der Waals surface area contributed by atoms with Crippen LogP contribution in [0.4, 0.5) is 0 Å².